The first-order chi connectivity index (χ1) is 7.95. The van der Waals surface area contributed by atoms with Crippen LogP contribution < -0.4 is 5.32 Å². The molecule has 0 unspecified atom stereocenters. The van der Waals surface area contributed by atoms with E-state index in [1.54, 1.807) is 7.05 Å². The van der Waals surface area contributed by atoms with Crippen molar-refractivity contribution in [3.05, 3.63) is 35.1 Å². The van der Waals surface area contributed by atoms with E-state index in [1.165, 1.54) is 0 Å². The van der Waals surface area contributed by atoms with Crippen molar-refractivity contribution in [1.29, 1.82) is 0 Å². The first kappa shape index (κ1) is 13.5. The summed E-state index contributed by atoms with van der Waals surface area (Å²) in [6, 6.07) is 2.48. The van der Waals surface area contributed by atoms with Gasteiger partial charge in [0.05, 0.1) is 5.56 Å². The van der Waals surface area contributed by atoms with Crippen molar-refractivity contribution < 1.29 is 17.6 Å². The zero-order chi connectivity index (χ0) is 12.9. The highest BCUT2D eigenvalue weighted by Gasteiger charge is 2.33. The zero-order valence-corrected chi connectivity index (χ0v) is 9.16. The number of hydrogen-bond acceptors (Lipinski definition) is 1. The van der Waals surface area contributed by atoms with E-state index in [0.29, 0.717) is 19.0 Å². The summed E-state index contributed by atoms with van der Waals surface area (Å²) in [4.78, 5) is 0. The van der Waals surface area contributed by atoms with E-state index < -0.39 is 17.6 Å². The van der Waals surface area contributed by atoms with Crippen molar-refractivity contribution in [3.63, 3.8) is 0 Å². The lowest BCUT2D eigenvalue weighted by Crippen LogP contribution is -2.08. The average Bonchev–Trinajstić information content (AvgIpc) is 2.25. The molecule has 1 aromatic rings. The van der Waals surface area contributed by atoms with Crippen LogP contribution in [-0.2, 0) is 6.18 Å². The number of alkyl halides is 3. The molecule has 0 amide bonds. The lowest BCUT2D eigenvalue weighted by molar-refractivity contribution is -0.137. The molecule has 17 heavy (non-hydrogen) atoms. The maximum absolute atomic E-state index is 12.8. The SMILES string of the molecule is CNCCC#Cc1ccc(F)cc1C(F)(F)F. The highest BCUT2D eigenvalue weighted by atomic mass is 19.4. The van der Waals surface area contributed by atoms with Gasteiger partial charge >= 0.3 is 6.18 Å². The van der Waals surface area contributed by atoms with Gasteiger partial charge in [0, 0.05) is 18.5 Å². The van der Waals surface area contributed by atoms with Crippen molar-refractivity contribution in [3.8, 4) is 11.8 Å². The molecule has 0 spiro atoms. The molecule has 0 saturated heterocycles. The fraction of sp³-hybridized carbons (Fsp3) is 0.333. The Balaban J connectivity index is 3.02. The Kier molecular flexibility index (Phi) is 4.53. The molecule has 0 saturated carbocycles. The summed E-state index contributed by atoms with van der Waals surface area (Å²) in [5, 5.41) is 2.82. The summed E-state index contributed by atoms with van der Waals surface area (Å²) in [5.41, 5.74) is -1.23. The summed E-state index contributed by atoms with van der Waals surface area (Å²) in [5.74, 6) is 4.09. The second-order valence-corrected chi connectivity index (χ2v) is 3.34. The molecular formula is C12H11F4N. The van der Waals surface area contributed by atoms with Crippen LogP contribution >= 0.6 is 0 Å². The van der Waals surface area contributed by atoms with Crippen molar-refractivity contribution in [2.75, 3.05) is 13.6 Å². The van der Waals surface area contributed by atoms with Gasteiger partial charge in [0.15, 0.2) is 0 Å². The third-order valence-corrected chi connectivity index (χ3v) is 2.01. The molecule has 0 radical (unpaired) electrons. The molecule has 0 atom stereocenters. The van der Waals surface area contributed by atoms with Crippen LogP contribution in [0.5, 0.6) is 0 Å². The first-order valence-electron chi connectivity index (χ1n) is 4.95. The Bertz CT molecular complexity index is 440. The van der Waals surface area contributed by atoms with Gasteiger partial charge in [-0.05, 0) is 25.2 Å². The summed E-state index contributed by atoms with van der Waals surface area (Å²) in [6.45, 7) is 0.593. The van der Waals surface area contributed by atoms with Crippen LogP contribution in [0.25, 0.3) is 0 Å². The summed E-state index contributed by atoms with van der Waals surface area (Å²) in [7, 11) is 1.72. The van der Waals surface area contributed by atoms with E-state index in [1.807, 2.05) is 0 Å². The average molecular weight is 245 g/mol. The van der Waals surface area contributed by atoms with Crippen LogP contribution in [0.4, 0.5) is 17.6 Å². The number of halogens is 4. The summed E-state index contributed by atoms with van der Waals surface area (Å²) in [6.07, 6.45) is -4.15. The molecule has 0 aliphatic carbocycles. The van der Waals surface area contributed by atoms with Gasteiger partial charge in [-0.1, -0.05) is 11.8 Å². The molecule has 1 N–H and O–H groups in total. The van der Waals surface area contributed by atoms with Gasteiger partial charge in [-0.3, -0.25) is 0 Å². The van der Waals surface area contributed by atoms with E-state index in [-0.39, 0.29) is 5.56 Å². The predicted molar refractivity (Wildman–Crippen MR) is 56.8 cm³/mol. The van der Waals surface area contributed by atoms with Crippen LogP contribution in [0.1, 0.15) is 17.5 Å². The normalized spacial score (nSPS) is 10.9. The van der Waals surface area contributed by atoms with Gasteiger partial charge in [-0.25, -0.2) is 4.39 Å². The molecule has 0 aliphatic rings. The highest BCUT2D eigenvalue weighted by Crippen LogP contribution is 2.32. The van der Waals surface area contributed by atoms with Crippen LogP contribution in [0, 0.1) is 17.7 Å². The minimum absolute atomic E-state index is 0.199. The molecule has 1 aromatic carbocycles. The zero-order valence-electron chi connectivity index (χ0n) is 9.16. The predicted octanol–water partition coefficient (Wildman–Crippen LogP) is 2.81. The smallest absolute Gasteiger partial charge is 0.319 e. The Labute approximate surface area is 96.8 Å². The second kappa shape index (κ2) is 5.69. The lowest BCUT2D eigenvalue weighted by atomic mass is 10.1. The van der Waals surface area contributed by atoms with Crippen molar-refractivity contribution in [1.82, 2.24) is 5.32 Å². The van der Waals surface area contributed by atoms with E-state index in [2.05, 4.69) is 17.2 Å². The molecule has 0 aliphatic heterocycles. The Morgan fingerprint density at radius 3 is 2.59 bits per heavy atom. The number of benzene rings is 1. The first-order valence-corrected chi connectivity index (χ1v) is 4.95. The Hall–Kier alpha value is -1.54. The quantitative estimate of drug-likeness (QED) is 0.480. The Morgan fingerprint density at radius 2 is 2.00 bits per heavy atom. The minimum Gasteiger partial charge on any atom is -0.319 e. The largest absolute Gasteiger partial charge is 0.417 e. The van der Waals surface area contributed by atoms with Crippen LogP contribution in [0.3, 0.4) is 0 Å². The van der Waals surface area contributed by atoms with E-state index in [0.717, 1.165) is 12.1 Å². The van der Waals surface area contributed by atoms with Crippen molar-refractivity contribution in [2.45, 2.75) is 12.6 Å². The van der Waals surface area contributed by atoms with Gasteiger partial charge in [-0.2, -0.15) is 13.2 Å². The third kappa shape index (κ3) is 4.08. The van der Waals surface area contributed by atoms with Crippen LogP contribution in [0.2, 0.25) is 0 Å². The number of hydrogen-bond donors (Lipinski definition) is 1. The minimum atomic E-state index is -4.59. The molecule has 1 rings (SSSR count). The van der Waals surface area contributed by atoms with Crippen LogP contribution in [-0.4, -0.2) is 13.6 Å². The molecule has 0 heterocycles. The molecule has 0 aromatic heterocycles. The van der Waals surface area contributed by atoms with Gasteiger partial charge < -0.3 is 5.32 Å². The monoisotopic (exact) mass is 245 g/mol. The van der Waals surface area contributed by atoms with Crippen molar-refractivity contribution >= 4 is 0 Å². The molecule has 5 heteroatoms. The standard InChI is InChI=1S/C12H11F4N/c1-17-7-3-2-4-9-5-6-10(13)8-11(9)12(14,15)16/h5-6,8,17H,3,7H2,1H3. The number of rotatable bonds is 2. The van der Waals surface area contributed by atoms with E-state index in [4.69, 9.17) is 0 Å². The highest BCUT2D eigenvalue weighted by molar-refractivity contribution is 5.43. The van der Waals surface area contributed by atoms with Gasteiger partial charge in [0.1, 0.15) is 5.82 Å². The topological polar surface area (TPSA) is 12.0 Å². The summed E-state index contributed by atoms with van der Waals surface area (Å²) >= 11 is 0. The van der Waals surface area contributed by atoms with Crippen molar-refractivity contribution in [2.24, 2.45) is 0 Å². The maximum Gasteiger partial charge on any atom is 0.417 e. The molecule has 1 nitrogen and oxygen atoms in total. The fourth-order valence-corrected chi connectivity index (χ4v) is 1.21. The summed E-state index contributed by atoms with van der Waals surface area (Å²) < 4.78 is 50.4. The lowest BCUT2D eigenvalue weighted by Gasteiger charge is -2.08. The molecular weight excluding hydrogens is 234 g/mol. The van der Waals surface area contributed by atoms with Crippen LogP contribution in [0.15, 0.2) is 18.2 Å². The maximum atomic E-state index is 12.8. The van der Waals surface area contributed by atoms with Gasteiger partial charge in [0.2, 0.25) is 0 Å². The molecule has 92 valence electrons. The van der Waals surface area contributed by atoms with Gasteiger partial charge in [0.25, 0.3) is 0 Å². The fourth-order valence-electron chi connectivity index (χ4n) is 1.21. The number of nitrogens with one attached hydrogen (secondary N) is 1. The second-order valence-electron chi connectivity index (χ2n) is 3.34. The van der Waals surface area contributed by atoms with E-state index in [9.17, 15) is 17.6 Å². The van der Waals surface area contributed by atoms with E-state index >= 15 is 0 Å². The Morgan fingerprint density at radius 1 is 1.29 bits per heavy atom. The molecule has 0 bridgehead atoms. The molecule has 0 fully saturated rings. The third-order valence-electron chi connectivity index (χ3n) is 2.01. The van der Waals surface area contributed by atoms with Gasteiger partial charge in [-0.15, -0.1) is 0 Å².